The van der Waals surface area contributed by atoms with Crippen molar-refractivity contribution in [2.75, 3.05) is 13.2 Å². The number of rotatable bonds is 4. The molecule has 0 N–H and O–H groups in total. The first-order valence-corrected chi connectivity index (χ1v) is 11.7. The molecule has 6 heteroatoms. The van der Waals surface area contributed by atoms with Gasteiger partial charge >= 0.3 is 0 Å². The van der Waals surface area contributed by atoms with E-state index >= 15 is 0 Å². The molecule has 0 spiro atoms. The Balaban J connectivity index is 1.52. The zero-order chi connectivity index (χ0) is 23.1. The summed E-state index contributed by atoms with van der Waals surface area (Å²) in [4.78, 5) is 8.57. The summed E-state index contributed by atoms with van der Waals surface area (Å²) in [6, 6.07) is 16.4. The second kappa shape index (κ2) is 8.44. The topological polar surface area (TPSA) is 49.2 Å². The van der Waals surface area contributed by atoms with Crippen LogP contribution in [0.5, 0.6) is 0 Å². The van der Waals surface area contributed by atoms with Crippen molar-refractivity contribution in [2.24, 2.45) is 13.0 Å². The van der Waals surface area contributed by atoms with E-state index in [1.807, 2.05) is 48.4 Å². The summed E-state index contributed by atoms with van der Waals surface area (Å²) in [5, 5.41) is 6.78. The van der Waals surface area contributed by atoms with Gasteiger partial charge in [0.15, 0.2) is 5.69 Å². The van der Waals surface area contributed by atoms with Crippen LogP contribution in [-0.4, -0.2) is 32.5 Å². The van der Waals surface area contributed by atoms with Crippen LogP contribution in [0.4, 0.5) is 5.69 Å². The Morgan fingerprint density at radius 3 is 2.65 bits per heavy atom. The number of benzene rings is 2. The van der Waals surface area contributed by atoms with Gasteiger partial charge in [0, 0.05) is 61.1 Å². The first-order valence-electron chi connectivity index (χ1n) is 11.7. The molecule has 0 radical (unpaired) electrons. The quantitative estimate of drug-likeness (QED) is 0.307. The van der Waals surface area contributed by atoms with Crippen LogP contribution in [0, 0.1) is 12.5 Å². The van der Waals surface area contributed by atoms with Crippen LogP contribution in [-0.2, 0) is 18.3 Å². The molecule has 0 unspecified atom stereocenters. The molecule has 1 saturated heterocycles. The highest BCUT2D eigenvalue weighted by Gasteiger charge is 2.19. The molecule has 3 aromatic heterocycles. The molecule has 0 saturated carbocycles. The van der Waals surface area contributed by atoms with Gasteiger partial charge in [-0.15, -0.1) is 0 Å². The van der Waals surface area contributed by atoms with Gasteiger partial charge in [-0.1, -0.05) is 30.3 Å². The molecule has 0 amide bonds. The van der Waals surface area contributed by atoms with E-state index in [0.29, 0.717) is 11.6 Å². The molecule has 168 valence electrons. The highest BCUT2D eigenvalue weighted by atomic mass is 16.5. The number of pyridine rings is 1. The molecule has 0 atom stereocenters. The number of aromatic nitrogens is 4. The summed E-state index contributed by atoms with van der Waals surface area (Å²) in [6.45, 7) is 10.00. The van der Waals surface area contributed by atoms with Crippen LogP contribution in [0.25, 0.3) is 49.0 Å². The molecule has 6 rings (SSSR count). The normalized spacial score (nSPS) is 14.6. The number of fused-ring (bicyclic) bond motifs is 2. The van der Waals surface area contributed by atoms with Crippen LogP contribution < -0.4 is 0 Å². The average molecular weight is 448 g/mol. The van der Waals surface area contributed by atoms with Crippen LogP contribution in [0.15, 0.2) is 67.1 Å². The summed E-state index contributed by atoms with van der Waals surface area (Å²) >= 11 is 0. The van der Waals surface area contributed by atoms with Crippen molar-refractivity contribution in [3.05, 3.63) is 78.5 Å². The van der Waals surface area contributed by atoms with Gasteiger partial charge in [0.2, 0.25) is 0 Å². The average Bonchev–Trinajstić information content (AvgIpc) is 3.46. The standard InChI is InChI=1S/C28H25N5O/c1-29-23-6-3-20(4-7-23)27-24-9-12-33(17-19-10-13-34-14-11-19)26(24)16-30-28(27)21-5-8-25-22(15-21)18-32(2)31-25/h3-9,12,15-16,18-19H,10-11,13-14,17H2,2H3. The lowest BCUT2D eigenvalue weighted by atomic mass is 9.95. The van der Waals surface area contributed by atoms with Gasteiger partial charge in [0.1, 0.15) is 0 Å². The summed E-state index contributed by atoms with van der Waals surface area (Å²) in [7, 11) is 1.94. The van der Waals surface area contributed by atoms with E-state index in [2.05, 4.69) is 45.0 Å². The minimum atomic E-state index is 0.624. The third-order valence-electron chi connectivity index (χ3n) is 6.80. The number of hydrogen-bond donors (Lipinski definition) is 0. The highest BCUT2D eigenvalue weighted by molar-refractivity contribution is 6.02. The Bertz CT molecular complexity index is 1530. The van der Waals surface area contributed by atoms with Crippen molar-refractivity contribution in [1.82, 2.24) is 19.3 Å². The van der Waals surface area contributed by atoms with E-state index < -0.39 is 0 Å². The Morgan fingerprint density at radius 1 is 1.06 bits per heavy atom. The van der Waals surface area contributed by atoms with Crippen LogP contribution >= 0.6 is 0 Å². The monoisotopic (exact) mass is 447 g/mol. The second-order valence-electron chi connectivity index (χ2n) is 9.04. The summed E-state index contributed by atoms with van der Waals surface area (Å²) in [6.07, 6.45) is 8.43. The van der Waals surface area contributed by atoms with Gasteiger partial charge in [-0.3, -0.25) is 9.67 Å². The largest absolute Gasteiger partial charge is 0.381 e. The van der Waals surface area contributed by atoms with E-state index in [0.717, 1.165) is 71.4 Å². The smallest absolute Gasteiger partial charge is 0.187 e. The lowest BCUT2D eigenvalue weighted by Crippen LogP contribution is -2.20. The fraction of sp³-hybridized carbons (Fsp3) is 0.250. The maximum absolute atomic E-state index is 7.32. The Hall–Kier alpha value is -3.95. The highest BCUT2D eigenvalue weighted by Crippen LogP contribution is 2.38. The molecule has 2 aromatic carbocycles. The van der Waals surface area contributed by atoms with Crippen LogP contribution in [0.3, 0.4) is 0 Å². The lowest BCUT2D eigenvalue weighted by molar-refractivity contribution is 0.0616. The zero-order valence-corrected chi connectivity index (χ0v) is 19.1. The fourth-order valence-corrected chi connectivity index (χ4v) is 5.03. The molecule has 34 heavy (non-hydrogen) atoms. The SMILES string of the molecule is [C-]#[N+]c1ccc(-c2c(-c3ccc4nn(C)cc4c3)ncc3c2ccn3CC2CCOCC2)cc1. The van der Waals surface area contributed by atoms with Crippen LogP contribution in [0.2, 0.25) is 0 Å². The molecule has 0 aliphatic carbocycles. The van der Waals surface area contributed by atoms with Crippen LogP contribution in [0.1, 0.15) is 12.8 Å². The van der Waals surface area contributed by atoms with Crippen molar-refractivity contribution >= 4 is 27.5 Å². The van der Waals surface area contributed by atoms with Gasteiger partial charge in [-0.25, -0.2) is 4.85 Å². The molecule has 1 fully saturated rings. The van der Waals surface area contributed by atoms with E-state index in [-0.39, 0.29) is 0 Å². The van der Waals surface area contributed by atoms with Crippen molar-refractivity contribution in [2.45, 2.75) is 19.4 Å². The maximum atomic E-state index is 7.32. The maximum Gasteiger partial charge on any atom is 0.187 e. The van der Waals surface area contributed by atoms with Gasteiger partial charge in [-0.05, 0) is 42.5 Å². The Labute approximate surface area is 198 Å². The molecule has 0 bridgehead atoms. The van der Waals surface area contributed by atoms with E-state index in [1.54, 1.807) is 0 Å². The molecule has 4 heterocycles. The molecule has 5 aromatic rings. The first-order chi connectivity index (χ1) is 16.7. The van der Waals surface area contributed by atoms with Gasteiger partial charge in [-0.2, -0.15) is 5.10 Å². The first kappa shape index (κ1) is 20.6. The predicted molar refractivity (Wildman–Crippen MR) is 135 cm³/mol. The molecule has 6 nitrogen and oxygen atoms in total. The molecule has 1 aliphatic heterocycles. The Morgan fingerprint density at radius 2 is 1.85 bits per heavy atom. The zero-order valence-electron chi connectivity index (χ0n) is 19.1. The number of hydrogen-bond acceptors (Lipinski definition) is 3. The van der Waals surface area contributed by atoms with E-state index in [1.165, 1.54) is 5.39 Å². The molecular formula is C28H25N5O. The van der Waals surface area contributed by atoms with Gasteiger partial charge in [0.25, 0.3) is 0 Å². The number of nitrogens with zero attached hydrogens (tertiary/aromatic N) is 5. The molecular weight excluding hydrogens is 422 g/mol. The number of ether oxygens (including phenoxy) is 1. The van der Waals surface area contributed by atoms with Gasteiger partial charge < -0.3 is 9.30 Å². The summed E-state index contributed by atoms with van der Waals surface area (Å²) in [5.74, 6) is 0.624. The van der Waals surface area contributed by atoms with Crippen molar-refractivity contribution in [3.8, 4) is 22.4 Å². The van der Waals surface area contributed by atoms with Gasteiger partial charge in [0.05, 0.1) is 29.5 Å². The minimum absolute atomic E-state index is 0.624. The number of aryl methyl sites for hydroxylation is 1. The third kappa shape index (κ3) is 3.64. The van der Waals surface area contributed by atoms with Crippen molar-refractivity contribution < 1.29 is 4.74 Å². The fourth-order valence-electron chi connectivity index (χ4n) is 5.03. The second-order valence-corrected chi connectivity index (χ2v) is 9.04. The third-order valence-corrected chi connectivity index (χ3v) is 6.80. The van der Waals surface area contributed by atoms with E-state index in [9.17, 15) is 0 Å². The van der Waals surface area contributed by atoms with Crippen molar-refractivity contribution in [3.63, 3.8) is 0 Å². The molecule has 1 aliphatic rings. The van der Waals surface area contributed by atoms with E-state index in [4.69, 9.17) is 16.3 Å². The summed E-state index contributed by atoms with van der Waals surface area (Å²) in [5.41, 5.74) is 6.92. The predicted octanol–water partition coefficient (Wildman–Crippen LogP) is 6.23. The lowest BCUT2D eigenvalue weighted by Gasteiger charge is -2.23. The Kier molecular flexibility index (Phi) is 5.12. The minimum Gasteiger partial charge on any atom is -0.381 e. The summed E-state index contributed by atoms with van der Waals surface area (Å²) < 4.78 is 9.73. The van der Waals surface area contributed by atoms with Crippen molar-refractivity contribution in [1.29, 1.82) is 0 Å².